The predicted molar refractivity (Wildman–Crippen MR) is 73.5 cm³/mol. The summed E-state index contributed by atoms with van der Waals surface area (Å²) >= 11 is 1.74. The molecule has 0 radical (unpaired) electrons. The topological polar surface area (TPSA) is 23.5 Å². The quantitative estimate of drug-likeness (QED) is 0.892. The van der Waals surface area contributed by atoms with Crippen molar-refractivity contribution in [3.8, 4) is 0 Å². The molecule has 1 saturated heterocycles. The molecule has 1 fully saturated rings. The molecule has 0 amide bonds. The Hall–Kier alpha value is -0.380. The lowest BCUT2D eigenvalue weighted by Gasteiger charge is -2.40. The normalized spacial score (nSPS) is 20.9. The summed E-state index contributed by atoms with van der Waals surface area (Å²) in [6, 6.07) is 2.77. The van der Waals surface area contributed by atoms with Gasteiger partial charge in [0.25, 0.3) is 0 Å². The minimum atomic E-state index is -0.423. The van der Waals surface area contributed by atoms with Crippen molar-refractivity contribution in [2.45, 2.75) is 51.2 Å². The van der Waals surface area contributed by atoms with Gasteiger partial charge in [-0.3, -0.25) is 0 Å². The maximum Gasteiger partial charge on any atom is 0.0675 e. The van der Waals surface area contributed by atoms with Gasteiger partial charge in [0.05, 0.1) is 5.60 Å². The van der Waals surface area contributed by atoms with Crippen LogP contribution in [0.2, 0.25) is 0 Å². The van der Waals surface area contributed by atoms with Crippen LogP contribution in [0.4, 0.5) is 0 Å². The summed E-state index contributed by atoms with van der Waals surface area (Å²) in [6.45, 7) is 6.54. The SMILES string of the molecule is CC(C)N1CCC(O)(CCc2ccsc2)CC1. The molecular weight excluding hydrogens is 230 g/mol. The van der Waals surface area contributed by atoms with Gasteiger partial charge in [0.2, 0.25) is 0 Å². The second-order valence-corrected chi connectivity index (χ2v) is 6.27. The van der Waals surface area contributed by atoms with E-state index in [1.165, 1.54) is 5.56 Å². The number of thiophene rings is 1. The molecule has 0 aromatic carbocycles. The lowest BCUT2D eigenvalue weighted by atomic mass is 9.86. The van der Waals surface area contributed by atoms with Crippen molar-refractivity contribution in [2.75, 3.05) is 13.1 Å². The number of hydrogen-bond donors (Lipinski definition) is 1. The molecule has 0 spiro atoms. The van der Waals surface area contributed by atoms with Crippen LogP contribution < -0.4 is 0 Å². The van der Waals surface area contributed by atoms with E-state index in [-0.39, 0.29) is 0 Å². The third-order valence-corrected chi connectivity index (χ3v) is 4.65. The summed E-state index contributed by atoms with van der Waals surface area (Å²) < 4.78 is 0. The largest absolute Gasteiger partial charge is 0.390 e. The van der Waals surface area contributed by atoms with Crippen LogP contribution in [0, 0.1) is 0 Å². The van der Waals surface area contributed by atoms with Crippen molar-refractivity contribution in [1.29, 1.82) is 0 Å². The van der Waals surface area contributed by atoms with E-state index in [9.17, 15) is 5.11 Å². The Morgan fingerprint density at radius 2 is 2.12 bits per heavy atom. The lowest BCUT2D eigenvalue weighted by Crippen LogP contribution is -2.46. The summed E-state index contributed by atoms with van der Waals surface area (Å²) in [6.07, 6.45) is 3.78. The van der Waals surface area contributed by atoms with E-state index in [1.807, 2.05) is 0 Å². The minimum absolute atomic E-state index is 0.423. The molecule has 2 nitrogen and oxygen atoms in total. The fraction of sp³-hybridized carbons (Fsp3) is 0.714. The molecule has 1 aliphatic heterocycles. The third kappa shape index (κ3) is 3.54. The highest BCUT2D eigenvalue weighted by Crippen LogP contribution is 2.28. The van der Waals surface area contributed by atoms with Crippen molar-refractivity contribution in [1.82, 2.24) is 4.90 Å². The molecule has 0 aliphatic carbocycles. The number of piperidine rings is 1. The lowest BCUT2D eigenvalue weighted by molar-refractivity contribution is -0.0334. The van der Waals surface area contributed by atoms with Crippen LogP contribution in [-0.4, -0.2) is 34.7 Å². The average Bonchev–Trinajstić information content (AvgIpc) is 2.80. The molecule has 0 unspecified atom stereocenters. The summed E-state index contributed by atoms with van der Waals surface area (Å²) in [5.74, 6) is 0. The van der Waals surface area contributed by atoms with Crippen LogP contribution in [0.5, 0.6) is 0 Å². The molecule has 0 atom stereocenters. The fourth-order valence-electron chi connectivity index (χ4n) is 2.52. The van der Waals surface area contributed by atoms with Gasteiger partial charge in [-0.05, 0) is 61.9 Å². The fourth-order valence-corrected chi connectivity index (χ4v) is 3.22. The highest BCUT2D eigenvalue weighted by molar-refractivity contribution is 7.07. The van der Waals surface area contributed by atoms with Gasteiger partial charge in [-0.1, -0.05) is 0 Å². The first-order chi connectivity index (χ1) is 8.09. The van der Waals surface area contributed by atoms with Crippen LogP contribution >= 0.6 is 11.3 Å². The number of likely N-dealkylation sites (tertiary alicyclic amines) is 1. The first kappa shape index (κ1) is 13.1. The molecule has 96 valence electrons. The monoisotopic (exact) mass is 253 g/mol. The van der Waals surface area contributed by atoms with Gasteiger partial charge in [0.1, 0.15) is 0 Å². The van der Waals surface area contributed by atoms with Gasteiger partial charge < -0.3 is 10.0 Å². The first-order valence-corrected chi connectivity index (χ1v) is 7.51. The number of aryl methyl sites for hydroxylation is 1. The molecule has 17 heavy (non-hydrogen) atoms. The molecule has 2 heterocycles. The second-order valence-electron chi connectivity index (χ2n) is 5.49. The molecule has 1 aromatic rings. The zero-order valence-electron chi connectivity index (χ0n) is 10.9. The van der Waals surface area contributed by atoms with E-state index >= 15 is 0 Å². The highest BCUT2D eigenvalue weighted by Gasteiger charge is 2.32. The molecule has 1 aliphatic rings. The molecule has 0 bridgehead atoms. The van der Waals surface area contributed by atoms with Crippen molar-refractivity contribution < 1.29 is 5.11 Å². The summed E-state index contributed by atoms with van der Waals surface area (Å²) in [5.41, 5.74) is 0.947. The number of nitrogens with zero attached hydrogens (tertiary/aromatic N) is 1. The van der Waals surface area contributed by atoms with Gasteiger partial charge in [-0.15, -0.1) is 0 Å². The zero-order chi connectivity index (χ0) is 12.3. The average molecular weight is 253 g/mol. The minimum Gasteiger partial charge on any atom is -0.390 e. The van der Waals surface area contributed by atoms with Crippen LogP contribution in [0.3, 0.4) is 0 Å². The molecule has 1 aromatic heterocycles. The zero-order valence-corrected chi connectivity index (χ0v) is 11.7. The Morgan fingerprint density at radius 1 is 1.41 bits per heavy atom. The summed E-state index contributed by atoms with van der Waals surface area (Å²) in [4.78, 5) is 2.46. The maximum absolute atomic E-state index is 10.5. The highest BCUT2D eigenvalue weighted by atomic mass is 32.1. The third-order valence-electron chi connectivity index (χ3n) is 3.92. The van der Waals surface area contributed by atoms with Crippen molar-refractivity contribution in [3.63, 3.8) is 0 Å². The second kappa shape index (κ2) is 5.51. The Bertz CT molecular complexity index is 326. The van der Waals surface area contributed by atoms with Crippen molar-refractivity contribution in [3.05, 3.63) is 22.4 Å². The van der Waals surface area contributed by atoms with E-state index in [2.05, 4.69) is 35.6 Å². The number of rotatable bonds is 4. The number of hydrogen-bond acceptors (Lipinski definition) is 3. The van der Waals surface area contributed by atoms with Gasteiger partial charge in [-0.25, -0.2) is 0 Å². The molecular formula is C14H23NOS. The Labute approximate surface area is 108 Å². The van der Waals surface area contributed by atoms with E-state index < -0.39 is 5.60 Å². The molecule has 0 saturated carbocycles. The van der Waals surface area contributed by atoms with Gasteiger partial charge in [0.15, 0.2) is 0 Å². The van der Waals surface area contributed by atoms with Crippen molar-refractivity contribution >= 4 is 11.3 Å². The maximum atomic E-state index is 10.5. The summed E-state index contributed by atoms with van der Waals surface area (Å²) in [5, 5.41) is 14.8. The smallest absolute Gasteiger partial charge is 0.0675 e. The van der Waals surface area contributed by atoms with Gasteiger partial charge >= 0.3 is 0 Å². The Kier molecular flexibility index (Phi) is 4.23. The summed E-state index contributed by atoms with van der Waals surface area (Å²) in [7, 11) is 0. The van der Waals surface area contributed by atoms with E-state index in [0.29, 0.717) is 6.04 Å². The van der Waals surface area contributed by atoms with Crippen LogP contribution in [-0.2, 0) is 6.42 Å². The van der Waals surface area contributed by atoms with E-state index in [1.54, 1.807) is 11.3 Å². The van der Waals surface area contributed by atoms with Crippen LogP contribution in [0.25, 0.3) is 0 Å². The van der Waals surface area contributed by atoms with Gasteiger partial charge in [-0.2, -0.15) is 11.3 Å². The first-order valence-electron chi connectivity index (χ1n) is 6.57. The van der Waals surface area contributed by atoms with Crippen LogP contribution in [0.15, 0.2) is 16.8 Å². The Morgan fingerprint density at radius 3 is 2.65 bits per heavy atom. The van der Waals surface area contributed by atoms with E-state index in [4.69, 9.17) is 0 Å². The standard InChI is InChI=1S/C14H23NOS/c1-12(2)15-8-6-14(16,7-9-15)5-3-13-4-10-17-11-13/h4,10-12,16H,3,5-9H2,1-2H3. The molecule has 1 N–H and O–H groups in total. The van der Waals surface area contributed by atoms with Gasteiger partial charge in [0, 0.05) is 19.1 Å². The molecule has 2 rings (SSSR count). The van der Waals surface area contributed by atoms with E-state index in [0.717, 1.165) is 38.8 Å². The predicted octanol–water partition coefficient (Wildman–Crippen LogP) is 2.92. The van der Waals surface area contributed by atoms with Crippen LogP contribution in [0.1, 0.15) is 38.7 Å². The Balaban J connectivity index is 1.81. The molecule has 3 heteroatoms. The number of aliphatic hydroxyl groups is 1. The van der Waals surface area contributed by atoms with Crippen molar-refractivity contribution in [2.24, 2.45) is 0 Å².